The van der Waals surface area contributed by atoms with Crippen LogP contribution >= 0.6 is 0 Å². The summed E-state index contributed by atoms with van der Waals surface area (Å²) in [5, 5.41) is 2.64. The number of hydrogen-bond acceptors (Lipinski definition) is 5. The van der Waals surface area contributed by atoms with Crippen molar-refractivity contribution in [3.63, 3.8) is 0 Å². The van der Waals surface area contributed by atoms with Gasteiger partial charge in [-0.05, 0) is 40.2 Å². The van der Waals surface area contributed by atoms with E-state index < -0.39 is 17.3 Å². The second-order valence-electron chi connectivity index (χ2n) is 8.63. The number of nitrogens with zero attached hydrogens (tertiary/aromatic N) is 1. The summed E-state index contributed by atoms with van der Waals surface area (Å²) < 4.78 is 11.1. The summed E-state index contributed by atoms with van der Waals surface area (Å²) in [4.78, 5) is 26.3. The number of amides is 1. The predicted molar refractivity (Wildman–Crippen MR) is 99.8 cm³/mol. The fourth-order valence-electron chi connectivity index (χ4n) is 4.74. The van der Waals surface area contributed by atoms with Gasteiger partial charge in [-0.25, -0.2) is 9.59 Å². The fourth-order valence-corrected chi connectivity index (χ4v) is 4.74. The molecule has 0 unspecified atom stereocenters. The van der Waals surface area contributed by atoms with Crippen molar-refractivity contribution in [3.05, 3.63) is 23.3 Å². The minimum atomic E-state index is -0.536. The molecule has 0 saturated carbocycles. The van der Waals surface area contributed by atoms with Crippen LogP contribution in [0, 0.1) is 11.8 Å². The average molecular weight is 370 g/mol. The number of hydrogen-bond donors (Lipinski definition) is 1. The number of ether oxygens (including phenoxy) is 2. The molecule has 0 aromatic heterocycles. The van der Waals surface area contributed by atoms with Crippen LogP contribution in [-0.4, -0.2) is 53.3 Å². The van der Waals surface area contributed by atoms with Crippen molar-refractivity contribution in [2.75, 3.05) is 13.1 Å². The van der Waals surface area contributed by atoms with Gasteiger partial charge in [0.05, 0.1) is 12.6 Å². The van der Waals surface area contributed by atoms with Gasteiger partial charge in [0.1, 0.15) is 5.60 Å². The molecule has 3 aliphatic heterocycles. The summed E-state index contributed by atoms with van der Waals surface area (Å²) in [6.07, 6.45) is 7.52. The molecule has 2 bridgehead atoms. The Hall–Kier alpha value is -2.26. The first-order valence-corrected chi connectivity index (χ1v) is 9.67. The number of fused-ring (bicyclic) bond motifs is 3. The molecular weight excluding hydrogens is 344 g/mol. The average Bonchev–Trinajstić information content (AvgIpc) is 3.06. The lowest BCUT2D eigenvalue weighted by atomic mass is 9.77. The molecule has 2 saturated heterocycles. The molecule has 1 amide bonds. The van der Waals surface area contributed by atoms with Crippen LogP contribution in [0.4, 0.5) is 4.79 Å². The minimum absolute atomic E-state index is 0.194. The zero-order valence-electron chi connectivity index (χ0n) is 16.1. The molecule has 1 spiro atoms. The van der Waals surface area contributed by atoms with Crippen LogP contribution in [0.15, 0.2) is 23.3 Å². The van der Waals surface area contributed by atoms with Crippen LogP contribution < -0.4 is 5.32 Å². The summed E-state index contributed by atoms with van der Waals surface area (Å²) in [5.74, 6) is 5.87. The van der Waals surface area contributed by atoms with Crippen LogP contribution in [0.3, 0.4) is 0 Å². The third-order valence-electron chi connectivity index (χ3n) is 5.61. The van der Waals surface area contributed by atoms with Gasteiger partial charge in [-0.3, -0.25) is 4.90 Å². The molecule has 3 heterocycles. The Labute approximate surface area is 159 Å². The lowest BCUT2D eigenvalue weighted by Crippen LogP contribution is -2.48. The Kier molecular flexibility index (Phi) is 4.31. The Balaban J connectivity index is 1.50. The second kappa shape index (κ2) is 6.42. The highest BCUT2D eigenvalue weighted by Gasteiger charge is 2.61. The molecule has 0 radical (unpaired) electrons. The van der Waals surface area contributed by atoms with Crippen LogP contribution in [0.5, 0.6) is 0 Å². The highest BCUT2D eigenvalue weighted by Crippen LogP contribution is 2.53. The van der Waals surface area contributed by atoms with Gasteiger partial charge in [0.25, 0.3) is 0 Å². The first-order chi connectivity index (χ1) is 12.8. The molecule has 3 atom stereocenters. The van der Waals surface area contributed by atoms with E-state index in [2.05, 4.69) is 28.1 Å². The molecular formula is C21H26N2O4. The lowest BCUT2D eigenvalue weighted by molar-refractivity contribution is -0.148. The highest BCUT2D eigenvalue weighted by atomic mass is 16.6. The fraction of sp³-hybridized carbons (Fsp3) is 0.619. The third-order valence-corrected chi connectivity index (χ3v) is 5.61. The number of carbonyl (C=O) groups is 2. The summed E-state index contributed by atoms with van der Waals surface area (Å²) in [7, 11) is 0. The molecule has 6 nitrogen and oxygen atoms in total. The Morgan fingerprint density at radius 3 is 3.04 bits per heavy atom. The van der Waals surface area contributed by atoms with E-state index in [1.54, 1.807) is 6.08 Å². The Morgan fingerprint density at radius 2 is 2.26 bits per heavy atom. The number of esters is 1. The van der Waals surface area contributed by atoms with Crippen molar-refractivity contribution in [1.29, 1.82) is 0 Å². The van der Waals surface area contributed by atoms with E-state index in [1.807, 2.05) is 20.8 Å². The van der Waals surface area contributed by atoms with Crippen LogP contribution in [-0.2, 0) is 14.3 Å². The number of rotatable bonds is 1. The lowest BCUT2D eigenvalue weighted by Gasteiger charge is -2.38. The molecule has 4 aliphatic rings. The predicted octanol–water partition coefficient (Wildman–Crippen LogP) is 2.30. The van der Waals surface area contributed by atoms with E-state index in [-0.39, 0.29) is 24.6 Å². The van der Waals surface area contributed by atoms with Gasteiger partial charge in [-0.1, -0.05) is 24.3 Å². The normalized spacial score (nSPS) is 31.6. The van der Waals surface area contributed by atoms with E-state index in [9.17, 15) is 9.59 Å². The van der Waals surface area contributed by atoms with Crippen molar-refractivity contribution < 1.29 is 19.1 Å². The van der Waals surface area contributed by atoms with Gasteiger partial charge in [-0.15, -0.1) is 0 Å². The van der Waals surface area contributed by atoms with E-state index in [0.29, 0.717) is 0 Å². The zero-order chi connectivity index (χ0) is 19.2. The van der Waals surface area contributed by atoms with Crippen LogP contribution in [0.2, 0.25) is 0 Å². The molecule has 0 aromatic carbocycles. The molecule has 27 heavy (non-hydrogen) atoms. The topological polar surface area (TPSA) is 67.9 Å². The zero-order valence-corrected chi connectivity index (χ0v) is 16.1. The smallest absolute Gasteiger partial charge is 0.408 e. The largest absolute Gasteiger partial charge is 0.449 e. The molecule has 144 valence electrons. The van der Waals surface area contributed by atoms with E-state index in [4.69, 9.17) is 9.47 Å². The van der Waals surface area contributed by atoms with Crippen LogP contribution in [0.25, 0.3) is 0 Å². The van der Waals surface area contributed by atoms with Gasteiger partial charge in [0.2, 0.25) is 0 Å². The molecule has 2 fully saturated rings. The summed E-state index contributed by atoms with van der Waals surface area (Å²) in [5.41, 5.74) is 0.714. The quantitative estimate of drug-likeness (QED) is 0.567. The molecule has 1 N–H and O–H groups in total. The van der Waals surface area contributed by atoms with Gasteiger partial charge in [0, 0.05) is 29.7 Å². The van der Waals surface area contributed by atoms with Crippen molar-refractivity contribution in [2.45, 2.75) is 69.7 Å². The van der Waals surface area contributed by atoms with Gasteiger partial charge < -0.3 is 14.8 Å². The molecule has 1 aliphatic carbocycles. The van der Waals surface area contributed by atoms with Gasteiger partial charge >= 0.3 is 12.1 Å². The standard InChI is InChI=1S/C21H26N2O4/c1-20(2,3)27-19(25)22-9-6-7-14-11-15-13-21(16(14)12-18(24)26-21)17-8-4-5-10-23(15)17/h11-12,15,17H,4-5,8-10,13H2,1-3H3,(H,22,25)/t15-,17-,21+/m1/s1. The van der Waals surface area contributed by atoms with Crippen molar-refractivity contribution in [3.8, 4) is 11.8 Å². The summed E-state index contributed by atoms with van der Waals surface area (Å²) in [6, 6.07) is 0.519. The van der Waals surface area contributed by atoms with Crippen molar-refractivity contribution in [1.82, 2.24) is 10.2 Å². The number of nitrogens with one attached hydrogen (secondary N) is 1. The van der Waals surface area contributed by atoms with Crippen molar-refractivity contribution >= 4 is 12.1 Å². The maximum Gasteiger partial charge on any atom is 0.408 e. The summed E-state index contributed by atoms with van der Waals surface area (Å²) in [6.45, 7) is 6.69. The van der Waals surface area contributed by atoms with E-state index in [0.717, 1.165) is 30.5 Å². The Morgan fingerprint density at radius 1 is 1.44 bits per heavy atom. The third kappa shape index (κ3) is 3.25. The number of alkyl carbamates (subject to hydrolysis) is 1. The maximum absolute atomic E-state index is 12.1. The molecule has 4 rings (SSSR count). The van der Waals surface area contributed by atoms with Gasteiger partial charge in [-0.2, -0.15) is 0 Å². The van der Waals surface area contributed by atoms with Gasteiger partial charge in [0.15, 0.2) is 5.60 Å². The number of piperidine rings is 1. The minimum Gasteiger partial charge on any atom is -0.449 e. The van der Waals surface area contributed by atoms with Crippen LogP contribution in [0.1, 0.15) is 46.5 Å². The highest BCUT2D eigenvalue weighted by molar-refractivity contribution is 5.90. The second-order valence-corrected chi connectivity index (χ2v) is 8.63. The number of carbonyl (C=O) groups excluding carboxylic acids is 2. The maximum atomic E-state index is 12.1. The summed E-state index contributed by atoms with van der Waals surface area (Å²) >= 11 is 0. The first kappa shape index (κ1) is 18.1. The monoisotopic (exact) mass is 370 g/mol. The first-order valence-electron chi connectivity index (χ1n) is 9.67. The Bertz CT molecular complexity index is 795. The van der Waals surface area contributed by atoms with E-state index in [1.165, 1.54) is 12.8 Å². The molecule has 0 aromatic rings. The SMILES string of the molecule is CC(C)(C)OC(=O)NCC#CC1=C[C@@H]2C[C@@]3(OC(=O)C=C13)[C@H]1CCCCN21. The molecule has 6 heteroatoms. The van der Waals surface area contributed by atoms with E-state index >= 15 is 0 Å². The van der Waals surface area contributed by atoms with Crippen molar-refractivity contribution in [2.24, 2.45) is 0 Å².